The molecule has 1 spiro atoms. The van der Waals surface area contributed by atoms with Gasteiger partial charge in [0.05, 0.1) is 12.5 Å². The van der Waals surface area contributed by atoms with Gasteiger partial charge in [-0.2, -0.15) is 0 Å². The van der Waals surface area contributed by atoms with Crippen molar-refractivity contribution in [1.82, 2.24) is 15.2 Å². The van der Waals surface area contributed by atoms with E-state index in [-0.39, 0.29) is 24.4 Å². The zero-order chi connectivity index (χ0) is 20.3. The molecule has 0 radical (unpaired) electrons. The van der Waals surface area contributed by atoms with E-state index in [2.05, 4.69) is 20.5 Å². The van der Waals surface area contributed by atoms with Gasteiger partial charge in [0.2, 0.25) is 17.7 Å². The molecule has 2 N–H and O–H groups in total. The summed E-state index contributed by atoms with van der Waals surface area (Å²) in [5, 5.41) is 6.02. The van der Waals surface area contributed by atoms with Crippen LogP contribution in [0.15, 0.2) is 52.9 Å². The van der Waals surface area contributed by atoms with Crippen LogP contribution < -0.4 is 10.6 Å². The Morgan fingerprint density at radius 1 is 1.23 bits per heavy atom. The van der Waals surface area contributed by atoms with Crippen molar-refractivity contribution in [2.24, 2.45) is 5.92 Å². The van der Waals surface area contributed by atoms with E-state index in [1.165, 1.54) is 0 Å². The molecule has 3 aromatic rings. The Morgan fingerprint density at radius 2 is 2.07 bits per heavy atom. The number of fused-ring (bicyclic) bond motifs is 5. The van der Waals surface area contributed by atoms with Crippen LogP contribution in [0.5, 0.6) is 0 Å². The van der Waals surface area contributed by atoms with Crippen LogP contribution in [0, 0.1) is 5.92 Å². The number of rotatable bonds is 3. The van der Waals surface area contributed by atoms with E-state index in [4.69, 9.17) is 4.42 Å². The molecule has 4 heterocycles. The predicted octanol–water partition coefficient (Wildman–Crippen LogP) is 2.78. The van der Waals surface area contributed by atoms with E-state index < -0.39 is 11.5 Å². The number of hydrogen-bond acceptors (Lipinski definition) is 5. The van der Waals surface area contributed by atoms with Gasteiger partial charge in [0, 0.05) is 17.3 Å². The number of hydrogen-bond donors (Lipinski definition) is 2. The molecule has 7 nitrogen and oxygen atoms in total. The smallest absolute Gasteiger partial charge is 0.250 e. The number of benzene rings is 2. The highest BCUT2D eigenvalue weighted by Gasteiger charge is 2.65. The fraction of sp³-hybridized carbons (Fsp3) is 0.348. The Bertz CT molecular complexity index is 1140. The first-order chi connectivity index (χ1) is 14.7. The van der Waals surface area contributed by atoms with E-state index >= 15 is 0 Å². The third-order valence-corrected chi connectivity index (χ3v) is 6.84. The van der Waals surface area contributed by atoms with Crippen molar-refractivity contribution in [2.45, 2.75) is 37.4 Å². The molecule has 3 aliphatic rings. The predicted molar refractivity (Wildman–Crippen MR) is 110 cm³/mol. The number of aromatic nitrogens is 1. The summed E-state index contributed by atoms with van der Waals surface area (Å²) in [6.07, 6.45) is 2.76. The van der Waals surface area contributed by atoms with Crippen molar-refractivity contribution >= 4 is 28.6 Å². The van der Waals surface area contributed by atoms with E-state index in [9.17, 15) is 9.59 Å². The number of nitrogens with one attached hydrogen (secondary N) is 2. The summed E-state index contributed by atoms with van der Waals surface area (Å²) in [4.78, 5) is 33.4. The maximum absolute atomic E-state index is 13.4. The van der Waals surface area contributed by atoms with Crippen molar-refractivity contribution < 1.29 is 14.0 Å². The lowest BCUT2D eigenvalue weighted by Crippen LogP contribution is -2.54. The lowest BCUT2D eigenvalue weighted by Gasteiger charge is -2.36. The average Bonchev–Trinajstić information content (AvgIpc) is 3.49. The van der Waals surface area contributed by atoms with Gasteiger partial charge in [-0.15, -0.1) is 0 Å². The highest BCUT2D eigenvalue weighted by atomic mass is 16.3. The number of carbonyl (C=O) groups excluding carboxylic acids is 2. The minimum absolute atomic E-state index is 0.0879. The van der Waals surface area contributed by atoms with Crippen molar-refractivity contribution in [2.75, 3.05) is 11.9 Å². The molecule has 0 saturated carbocycles. The number of para-hydroxylation sites is 3. The van der Waals surface area contributed by atoms with Gasteiger partial charge in [-0.05, 0) is 44.0 Å². The summed E-state index contributed by atoms with van der Waals surface area (Å²) in [6, 6.07) is 15.5. The zero-order valence-corrected chi connectivity index (χ0v) is 16.4. The molecule has 0 unspecified atom stereocenters. The lowest BCUT2D eigenvalue weighted by molar-refractivity contribution is -0.137. The molecule has 3 atom stereocenters. The summed E-state index contributed by atoms with van der Waals surface area (Å²) in [5.41, 5.74) is 2.27. The molecule has 30 heavy (non-hydrogen) atoms. The van der Waals surface area contributed by atoms with Gasteiger partial charge in [-0.25, -0.2) is 4.98 Å². The quantitative estimate of drug-likeness (QED) is 0.703. The first kappa shape index (κ1) is 17.7. The molecule has 2 amide bonds. The SMILES string of the molecule is O=C(NCc1nc2ccccc2o1)[C@H]1C[C@H]2CCCN2[C@]12C(=O)Nc1ccccc12. The van der Waals surface area contributed by atoms with Crippen molar-refractivity contribution in [1.29, 1.82) is 0 Å². The summed E-state index contributed by atoms with van der Waals surface area (Å²) in [6.45, 7) is 1.04. The number of nitrogens with zero attached hydrogens (tertiary/aromatic N) is 2. The van der Waals surface area contributed by atoms with Gasteiger partial charge in [-0.1, -0.05) is 30.3 Å². The maximum atomic E-state index is 13.4. The Labute approximate surface area is 173 Å². The van der Waals surface area contributed by atoms with Gasteiger partial charge in [0.15, 0.2) is 5.58 Å². The van der Waals surface area contributed by atoms with Gasteiger partial charge in [0.1, 0.15) is 11.1 Å². The highest BCUT2D eigenvalue weighted by molar-refractivity contribution is 6.09. The molecule has 0 aliphatic carbocycles. The summed E-state index contributed by atoms with van der Waals surface area (Å²) < 4.78 is 5.73. The minimum atomic E-state index is -0.927. The van der Waals surface area contributed by atoms with Crippen LogP contribution in [-0.4, -0.2) is 34.3 Å². The average molecular weight is 402 g/mol. The third kappa shape index (κ3) is 2.32. The van der Waals surface area contributed by atoms with Crippen LogP contribution >= 0.6 is 0 Å². The fourth-order valence-corrected chi connectivity index (χ4v) is 5.66. The third-order valence-electron chi connectivity index (χ3n) is 6.84. The number of amides is 2. The van der Waals surface area contributed by atoms with Crippen LogP contribution in [0.3, 0.4) is 0 Å². The fourth-order valence-electron chi connectivity index (χ4n) is 5.66. The van der Waals surface area contributed by atoms with Crippen LogP contribution in [0.1, 0.15) is 30.7 Å². The highest BCUT2D eigenvalue weighted by Crippen LogP contribution is 2.55. The Balaban J connectivity index is 1.32. The second kappa shape index (κ2) is 6.40. The Hall–Kier alpha value is -3.19. The largest absolute Gasteiger partial charge is 0.439 e. The van der Waals surface area contributed by atoms with Crippen molar-refractivity contribution in [3.05, 3.63) is 60.0 Å². The normalized spacial score (nSPS) is 27.4. The zero-order valence-electron chi connectivity index (χ0n) is 16.4. The molecule has 1 aromatic heterocycles. The van der Waals surface area contributed by atoms with Crippen molar-refractivity contribution in [3.63, 3.8) is 0 Å². The van der Waals surface area contributed by atoms with Gasteiger partial charge >= 0.3 is 0 Å². The first-order valence-corrected chi connectivity index (χ1v) is 10.5. The molecule has 0 bridgehead atoms. The molecular weight excluding hydrogens is 380 g/mol. The van der Waals surface area contributed by atoms with Crippen LogP contribution in [-0.2, 0) is 21.7 Å². The summed E-state index contributed by atoms with van der Waals surface area (Å²) in [7, 11) is 0. The molecule has 7 heteroatoms. The van der Waals surface area contributed by atoms with Crippen LogP contribution in [0.4, 0.5) is 5.69 Å². The standard InChI is InChI=1S/C23H22N4O3/c28-21(24-13-20-25-18-9-3-4-10-19(18)30-20)16-12-14-6-5-11-27(14)23(16)15-7-1-2-8-17(15)26-22(23)29/h1-4,7-10,14,16H,5-6,11-13H2,(H,24,28)(H,26,29)/t14-,16-,23+/m1/s1. The van der Waals surface area contributed by atoms with E-state index in [1.807, 2.05) is 48.5 Å². The molecule has 2 saturated heterocycles. The molecular formula is C23H22N4O3. The van der Waals surface area contributed by atoms with Gasteiger partial charge in [-0.3, -0.25) is 14.5 Å². The second-order valence-electron chi connectivity index (χ2n) is 8.34. The first-order valence-electron chi connectivity index (χ1n) is 10.5. The van der Waals surface area contributed by atoms with E-state index in [0.717, 1.165) is 36.2 Å². The number of anilines is 1. The molecule has 6 rings (SSSR count). The maximum Gasteiger partial charge on any atom is 0.250 e. The van der Waals surface area contributed by atoms with Crippen LogP contribution in [0.25, 0.3) is 11.1 Å². The van der Waals surface area contributed by atoms with E-state index in [1.54, 1.807) is 0 Å². The van der Waals surface area contributed by atoms with Crippen molar-refractivity contribution in [3.8, 4) is 0 Å². The molecule has 3 aliphatic heterocycles. The van der Waals surface area contributed by atoms with Gasteiger partial charge in [0.25, 0.3) is 0 Å². The lowest BCUT2D eigenvalue weighted by atomic mass is 9.78. The Kier molecular flexibility index (Phi) is 3.77. The Morgan fingerprint density at radius 3 is 2.97 bits per heavy atom. The monoisotopic (exact) mass is 402 g/mol. The van der Waals surface area contributed by atoms with Gasteiger partial charge < -0.3 is 15.1 Å². The second-order valence-corrected chi connectivity index (χ2v) is 8.34. The summed E-state index contributed by atoms with van der Waals surface area (Å²) >= 11 is 0. The minimum Gasteiger partial charge on any atom is -0.439 e. The molecule has 2 aromatic carbocycles. The molecule has 152 valence electrons. The van der Waals surface area contributed by atoms with E-state index in [0.29, 0.717) is 17.9 Å². The van der Waals surface area contributed by atoms with Crippen LogP contribution in [0.2, 0.25) is 0 Å². The topological polar surface area (TPSA) is 87.5 Å². The number of oxazole rings is 1. The number of carbonyl (C=O) groups is 2. The summed E-state index contributed by atoms with van der Waals surface area (Å²) in [5.74, 6) is -0.196. The molecule has 2 fully saturated rings.